The molecule has 2 aromatic rings. The van der Waals surface area contributed by atoms with Crippen LogP contribution in [0.1, 0.15) is 17.5 Å². The van der Waals surface area contributed by atoms with Crippen LogP contribution in [0.25, 0.3) is 0 Å². The minimum absolute atomic E-state index is 0.188. The van der Waals surface area contributed by atoms with Gasteiger partial charge < -0.3 is 26.4 Å². The third kappa shape index (κ3) is 6.07. The highest BCUT2D eigenvalue weighted by molar-refractivity contribution is 5.99. The number of carbonyl (C=O) groups excluding carboxylic acids is 4. The Bertz CT molecular complexity index is 978. The van der Waals surface area contributed by atoms with Gasteiger partial charge in [0.15, 0.2) is 0 Å². The van der Waals surface area contributed by atoms with E-state index < -0.39 is 35.8 Å². The summed E-state index contributed by atoms with van der Waals surface area (Å²) in [5.41, 5.74) is 7.12. The zero-order chi connectivity index (χ0) is 23.1. The molecule has 1 fully saturated rings. The van der Waals surface area contributed by atoms with Gasteiger partial charge in [-0.2, -0.15) is 0 Å². The van der Waals surface area contributed by atoms with Gasteiger partial charge in [0.1, 0.15) is 23.9 Å². The van der Waals surface area contributed by atoms with E-state index in [1.54, 1.807) is 31.4 Å². The third-order valence-corrected chi connectivity index (χ3v) is 5.22. The van der Waals surface area contributed by atoms with Crippen molar-refractivity contribution in [3.63, 3.8) is 0 Å². The topological polar surface area (TPSA) is 140 Å². The fourth-order valence-corrected chi connectivity index (χ4v) is 3.47. The maximum atomic E-state index is 12.5. The van der Waals surface area contributed by atoms with Crippen LogP contribution in [0.2, 0.25) is 0 Å². The van der Waals surface area contributed by atoms with E-state index in [2.05, 4.69) is 16.0 Å². The van der Waals surface area contributed by atoms with Gasteiger partial charge in [0, 0.05) is 12.8 Å². The molecule has 2 aromatic carbocycles. The van der Waals surface area contributed by atoms with Crippen LogP contribution < -0.4 is 26.4 Å². The molecule has 1 aliphatic rings. The van der Waals surface area contributed by atoms with Crippen molar-refractivity contribution in [2.75, 3.05) is 7.11 Å². The Kier molecular flexibility index (Phi) is 7.43. The van der Waals surface area contributed by atoms with Gasteiger partial charge in [-0.25, -0.2) is 0 Å². The SMILES string of the molecule is COc1ccc(C[C@H](NC(=O)C[C@@H]2NC(=O)[C@H](Cc3ccccc3)NC2=O)C(N)=O)cc1. The molecule has 3 atom stereocenters. The number of ether oxygens (including phenoxy) is 1. The van der Waals surface area contributed by atoms with Crippen LogP contribution >= 0.6 is 0 Å². The third-order valence-electron chi connectivity index (χ3n) is 5.22. The largest absolute Gasteiger partial charge is 0.497 e. The summed E-state index contributed by atoms with van der Waals surface area (Å²) in [6.07, 6.45) is 0.235. The van der Waals surface area contributed by atoms with Gasteiger partial charge in [-0.05, 0) is 23.3 Å². The first kappa shape index (κ1) is 22.8. The van der Waals surface area contributed by atoms with Crippen molar-refractivity contribution < 1.29 is 23.9 Å². The first-order valence-corrected chi connectivity index (χ1v) is 10.2. The molecular weight excluding hydrogens is 412 g/mol. The average Bonchev–Trinajstić information content (AvgIpc) is 2.78. The molecule has 1 aliphatic heterocycles. The van der Waals surface area contributed by atoms with Crippen molar-refractivity contribution >= 4 is 23.6 Å². The summed E-state index contributed by atoms with van der Waals surface area (Å²) in [5.74, 6) is -1.42. The smallest absolute Gasteiger partial charge is 0.243 e. The molecular formula is C23H26N4O5. The molecule has 9 nitrogen and oxygen atoms in total. The lowest BCUT2D eigenvalue weighted by Crippen LogP contribution is -2.63. The van der Waals surface area contributed by atoms with E-state index in [4.69, 9.17) is 10.5 Å². The molecule has 0 spiro atoms. The Morgan fingerprint density at radius 1 is 0.969 bits per heavy atom. The lowest BCUT2D eigenvalue weighted by atomic mass is 10.0. The number of benzene rings is 2. The Balaban J connectivity index is 1.55. The zero-order valence-electron chi connectivity index (χ0n) is 17.7. The van der Waals surface area contributed by atoms with Gasteiger partial charge in [-0.1, -0.05) is 42.5 Å². The minimum atomic E-state index is -1.02. The van der Waals surface area contributed by atoms with Crippen LogP contribution in [0.15, 0.2) is 54.6 Å². The number of methoxy groups -OCH3 is 1. The lowest BCUT2D eigenvalue weighted by molar-refractivity contribution is -0.138. The van der Waals surface area contributed by atoms with Gasteiger partial charge in [0.05, 0.1) is 13.5 Å². The molecule has 1 saturated heterocycles. The maximum Gasteiger partial charge on any atom is 0.243 e. The number of piperazine rings is 1. The molecule has 3 rings (SSSR count). The van der Waals surface area contributed by atoms with Crippen LogP contribution in [-0.4, -0.2) is 48.9 Å². The van der Waals surface area contributed by atoms with Crippen molar-refractivity contribution in [1.82, 2.24) is 16.0 Å². The molecule has 0 saturated carbocycles. The lowest BCUT2D eigenvalue weighted by Gasteiger charge is -2.29. The van der Waals surface area contributed by atoms with Crippen LogP contribution in [0.4, 0.5) is 0 Å². The molecule has 0 unspecified atom stereocenters. The van der Waals surface area contributed by atoms with E-state index in [0.717, 1.165) is 11.1 Å². The predicted octanol–water partition coefficient (Wildman–Crippen LogP) is -0.176. The molecule has 9 heteroatoms. The van der Waals surface area contributed by atoms with E-state index in [0.29, 0.717) is 12.2 Å². The second-order valence-electron chi connectivity index (χ2n) is 7.59. The zero-order valence-corrected chi connectivity index (χ0v) is 17.7. The number of nitrogens with two attached hydrogens (primary N) is 1. The standard InChI is InChI=1S/C23H26N4O5/c1-32-16-9-7-15(8-10-16)11-17(21(24)29)25-20(28)13-19-23(31)26-18(22(30)27-19)12-14-5-3-2-4-6-14/h2-10,17-19H,11-13H2,1H3,(H2,24,29)(H,25,28)(H,26,31)(H,27,30)/t17-,18-,19-/m0/s1. The van der Waals surface area contributed by atoms with Gasteiger partial charge in [-0.3, -0.25) is 19.2 Å². The van der Waals surface area contributed by atoms with Crippen molar-refractivity contribution in [1.29, 1.82) is 0 Å². The predicted molar refractivity (Wildman–Crippen MR) is 116 cm³/mol. The fourth-order valence-electron chi connectivity index (χ4n) is 3.47. The first-order chi connectivity index (χ1) is 15.4. The summed E-state index contributed by atoms with van der Waals surface area (Å²) in [4.78, 5) is 49.1. The highest BCUT2D eigenvalue weighted by Crippen LogP contribution is 2.13. The molecule has 4 amide bonds. The normalized spacial score (nSPS) is 18.8. The Labute approximate surface area is 185 Å². The van der Waals surface area contributed by atoms with Crippen LogP contribution in [0.5, 0.6) is 5.75 Å². The summed E-state index contributed by atoms with van der Waals surface area (Å²) in [5, 5.41) is 7.80. The van der Waals surface area contributed by atoms with Crippen molar-refractivity contribution in [2.24, 2.45) is 5.73 Å². The van der Waals surface area contributed by atoms with Crippen molar-refractivity contribution in [2.45, 2.75) is 37.4 Å². The van der Waals surface area contributed by atoms with Gasteiger partial charge in [0.2, 0.25) is 23.6 Å². The van der Waals surface area contributed by atoms with Crippen molar-refractivity contribution in [3.05, 3.63) is 65.7 Å². The van der Waals surface area contributed by atoms with Gasteiger partial charge >= 0.3 is 0 Å². The Morgan fingerprint density at radius 2 is 1.59 bits per heavy atom. The van der Waals surface area contributed by atoms with Crippen LogP contribution in [-0.2, 0) is 32.0 Å². The van der Waals surface area contributed by atoms with E-state index in [-0.39, 0.29) is 18.7 Å². The highest BCUT2D eigenvalue weighted by Gasteiger charge is 2.35. The summed E-state index contributed by atoms with van der Waals surface area (Å²) in [6, 6.07) is 13.6. The van der Waals surface area contributed by atoms with E-state index in [1.165, 1.54) is 0 Å². The number of carbonyl (C=O) groups is 4. The first-order valence-electron chi connectivity index (χ1n) is 10.2. The summed E-state index contributed by atoms with van der Waals surface area (Å²) >= 11 is 0. The molecule has 5 N–H and O–H groups in total. The monoisotopic (exact) mass is 438 g/mol. The van der Waals surface area contributed by atoms with E-state index >= 15 is 0 Å². The van der Waals surface area contributed by atoms with E-state index in [9.17, 15) is 19.2 Å². The van der Waals surface area contributed by atoms with Gasteiger partial charge in [0.25, 0.3) is 0 Å². The molecule has 168 valence electrons. The fraction of sp³-hybridized carbons (Fsp3) is 0.304. The summed E-state index contributed by atoms with van der Waals surface area (Å²) < 4.78 is 5.10. The van der Waals surface area contributed by atoms with Gasteiger partial charge in [-0.15, -0.1) is 0 Å². The quantitative estimate of drug-likeness (QED) is 0.430. The summed E-state index contributed by atoms with van der Waals surface area (Å²) in [7, 11) is 1.55. The number of hydrogen-bond acceptors (Lipinski definition) is 5. The second kappa shape index (κ2) is 10.4. The second-order valence-corrected chi connectivity index (χ2v) is 7.59. The number of primary amides is 1. The Morgan fingerprint density at radius 3 is 2.22 bits per heavy atom. The average molecular weight is 438 g/mol. The number of rotatable bonds is 9. The van der Waals surface area contributed by atoms with E-state index in [1.807, 2.05) is 30.3 Å². The van der Waals surface area contributed by atoms with Crippen LogP contribution in [0, 0.1) is 0 Å². The number of amides is 4. The molecule has 1 heterocycles. The molecule has 0 aromatic heterocycles. The molecule has 0 bridgehead atoms. The molecule has 0 aliphatic carbocycles. The maximum absolute atomic E-state index is 12.5. The summed E-state index contributed by atoms with van der Waals surface area (Å²) in [6.45, 7) is 0. The Hall–Kier alpha value is -3.88. The van der Waals surface area contributed by atoms with Crippen LogP contribution in [0.3, 0.4) is 0 Å². The number of nitrogens with one attached hydrogen (secondary N) is 3. The van der Waals surface area contributed by atoms with Crippen molar-refractivity contribution in [3.8, 4) is 5.75 Å². The molecule has 0 radical (unpaired) electrons. The highest BCUT2D eigenvalue weighted by atomic mass is 16.5. The number of hydrogen-bond donors (Lipinski definition) is 4. The minimum Gasteiger partial charge on any atom is -0.497 e. The molecule has 32 heavy (non-hydrogen) atoms.